The summed E-state index contributed by atoms with van der Waals surface area (Å²) in [5.41, 5.74) is 0. The predicted molar refractivity (Wildman–Crippen MR) is 73.1 cm³/mol. The fourth-order valence-electron chi connectivity index (χ4n) is 1.50. The minimum absolute atomic E-state index is 0.177. The molecular formula is C13H26N2O4. The van der Waals surface area contributed by atoms with Gasteiger partial charge < -0.3 is 20.5 Å². The van der Waals surface area contributed by atoms with Crippen molar-refractivity contribution in [3.05, 3.63) is 0 Å². The van der Waals surface area contributed by atoms with Gasteiger partial charge in [-0.15, -0.1) is 0 Å². The minimum Gasteiger partial charge on any atom is -0.480 e. The quantitative estimate of drug-likeness (QED) is 0.557. The zero-order valence-electron chi connectivity index (χ0n) is 12.2. The molecule has 0 saturated carbocycles. The summed E-state index contributed by atoms with van der Waals surface area (Å²) in [6, 6.07) is -1.29. The van der Waals surface area contributed by atoms with E-state index in [2.05, 4.69) is 10.6 Å². The van der Waals surface area contributed by atoms with Gasteiger partial charge in [0.1, 0.15) is 6.04 Å². The van der Waals surface area contributed by atoms with Gasteiger partial charge in [0, 0.05) is 13.2 Å². The first-order chi connectivity index (χ1) is 8.82. The summed E-state index contributed by atoms with van der Waals surface area (Å²) in [6.45, 7) is 8.77. The SMILES string of the molecule is CC(C)C[C@H](NC(=O)NCCCOC(C)C)C(=O)O. The third kappa shape index (κ3) is 10.3. The highest BCUT2D eigenvalue weighted by atomic mass is 16.5. The molecule has 0 rings (SSSR count). The van der Waals surface area contributed by atoms with E-state index in [1.54, 1.807) is 0 Å². The van der Waals surface area contributed by atoms with E-state index >= 15 is 0 Å². The molecule has 2 amide bonds. The van der Waals surface area contributed by atoms with E-state index in [1.165, 1.54) is 0 Å². The number of urea groups is 1. The van der Waals surface area contributed by atoms with E-state index in [1.807, 2.05) is 27.7 Å². The highest BCUT2D eigenvalue weighted by molar-refractivity contribution is 5.82. The average molecular weight is 274 g/mol. The number of ether oxygens (including phenoxy) is 1. The van der Waals surface area contributed by atoms with Gasteiger partial charge in [-0.1, -0.05) is 13.8 Å². The summed E-state index contributed by atoms with van der Waals surface area (Å²) >= 11 is 0. The Morgan fingerprint density at radius 1 is 1.21 bits per heavy atom. The van der Waals surface area contributed by atoms with Crippen molar-refractivity contribution in [2.45, 2.75) is 52.7 Å². The fourth-order valence-corrected chi connectivity index (χ4v) is 1.50. The second-order valence-electron chi connectivity index (χ2n) is 5.19. The van der Waals surface area contributed by atoms with Crippen molar-refractivity contribution in [1.29, 1.82) is 0 Å². The van der Waals surface area contributed by atoms with Crippen molar-refractivity contribution in [3.8, 4) is 0 Å². The van der Waals surface area contributed by atoms with E-state index in [-0.39, 0.29) is 12.0 Å². The Morgan fingerprint density at radius 3 is 2.32 bits per heavy atom. The van der Waals surface area contributed by atoms with Gasteiger partial charge in [-0.05, 0) is 32.6 Å². The number of carboxylic acid groups (broad SMARTS) is 1. The first-order valence-electron chi connectivity index (χ1n) is 6.71. The third-order valence-electron chi connectivity index (χ3n) is 2.37. The molecule has 19 heavy (non-hydrogen) atoms. The Labute approximate surface area is 114 Å². The number of hydrogen-bond acceptors (Lipinski definition) is 3. The van der Waals surface area contributed by atoms with Crippen LogP contribution in [-0.2, 0) is 9.53 Å². The van der Waals surface area contributed by atoms with Gasteiger partial charge in [0.15, 0.2) is 0 Å². The molecule has 3 N–H and O–H groups in total. The molecule has 0 aromatic rings. The van der Waals surface area contributed by atoms with Crippen LogP contribution in [0.5, 0.6) is 0 Å². The fraction of sp³-hybridized carbons (Fsp3) is 0.846. The van der Waals surface area contributed by atoms with Crippen molar-refractivity contribution in [2.24, 2.45) is 5.92 Å². The van der Waals surface area contributed by atoms with Crippen LogP contribution in [0.3, 0.4) is 0 Å². The van der Waals surface area contributed by atoms with Crippen LogP contribution >= 0.6 is 0 Å². The second-order valence-corrected chi connectivity index (χ2v) is 5.19. The molecule has 6 heteroatoms. The molecule has 0 aliphatic rings. The number of carbonyl (C=O) groups excluding carboxylic acids is 1. The topological polar surface area (TPSA) is 87.7 Å². The van der Waals surface area contributed by atoms with Gasteiger partial charge >= 0.3 is 12.0 Å². The lowest BCUT2D eigenvalue weighted by Crippen LogP contribution is -2.46. The zero-order valence-corrected chi connectivity index (χ0v) is 12.2. The maximum absolute atomic E-state index is 11.5. The van der Waals surface area contributed by atoms with Gasteiger partial charge in [-0.2, -0.15) is 0 Å². The van der Waals surface area contributed by atoms with Gasteiger partial charge in [0.05, 0.1) is 6.10 Å². The normalized spacial score (nSPS) is 12.5. The third-order valence-corrected chi connectivity index (χ3v) is 2.37. The number of carbonyl (C=O) groups is 2. The van der Waals surface area contributed by atoms with Crippen LogP contribution in [-0.4, -0.2) is 42.4 Å². The first kappa shape index (κ1) is 17.7. The van der Waals surface area contributed by atoms with Crippen LogP contribution in [0.1, 0.15) is 40.5 Å². The molecule has 1 atom stereocenters. The molecule has 0 unspecified atom stereocenters. The molecule has 0 saturated heterocycles. The second kappa shape index (κ2) is 9.61. The predicted octanol–water partition coefficient (Wildman–Crippen LogP) is 1.60. The summed E-state index contributed by atoms with van der Waals surface area (Å²) in [4.78, 5) is 22.5. The van der Waals surface area contributed by atoms with Crippen LogP contribution in [0.4, 0.5) is 4.79 Å². The molecule has 0 aromatic carbocycles. The molecule has 0 radical (unpaired) electrons. The Balaban J connectivity index is 3.84. The molecule has 0 aliphatic carbocycles. The van der Waals surface area contributed by atoms with E-state index in [9.17, 15) is 9.59 Å². The standard InChI is InChI=1S/C13H26N2O4/c1-9(2)8-11(12(16)17)15-13(18)14-6-5-7-19-10(3)4/h9-11H,5-8H2,1-4H3,(H,16,17)(H2,14,15,18)/t11-/m0/s1. The zero-order chi connectivity index (χ0) is 14.8. The Kier molecular flexibility index (Phi) is 8.95. The van der Waals surface area contributed by atoms with Crippen LogP contribution in [0.15, 0.2) is 0 Å². The van der Waals surface area contributed by atoms with Gasteiger partial charge in [0.2, 0.25) is 0 Å². The highest BCUT2D eigenvalue weighted by Crippen LogP contribution is 2.04. The van der Waals surface area contributed by atoms with Crippen molar-refractivity contribution in [1.82, 2.24) is 10.6 Å². The average Bonchev–Trinajstić information content (AvgIpc) is 2.26. The van der Waals surface area contributed by atoms with Crippen molar-refractivity contribution >= 4 is 12.0 Å². The minimum atomic E-state index is -1.01. The summed E-state index contributed by atoms with van der Waals surface area (Å²) < 4.78 is 5.33. The van der Waals surface area contributed by atoms with Crippen LogP contribution in [0.2, 0.25) is 0 Å². The number of amides is 2. The lowest BCUT2D eigenvalue weighted by molar-refractivity contribution is -0.139. The number of hydrogen-bond donors (Lipinski definition) is 3. The van der Waals surface area contributed by atoms with E-state index in [0.717, 1.165) is 0 Å². The summed E-state index contributed by atoms with van der Waals surface area (Å²) in [7, 11) is 0. The lowest BCUT2D eigenvalue weighted by Gasteiger charge is -2.17. The number of rotatable bonds is 9. The van der Waals surface area contributed by atoms with E-state index in [4.69, 9.17) is 9.84 Å². The first-order valence-corrected chi connectivity index (χ1v) is 6.71. The molecular weight excluding hydrogens is 248 g/mol. The molecule has 0 aliphatic heterocycles. The molecule has 0 bridgehead atoms. The Hall–Kier alpha value is -1.30. The van der Waals surface area contributed by atoms with E-state index < -0.39 is 18.0 Å². The van der Waals surface area contributed by atoms with Crippen molar-refractivity contribution in [2.75, 3.05) is 13.2 Å². The van der Waals surface area contributed by atoms with E-state index in [0.29, 0.717) is 26.0 Å². The smallest absolute Gasteiger partial charge is 0.326 e. The van der Waals surface area contributed by atoms with Gasteiger partial charge in [-0.3, -0.25) is 0 Å². The van der Waals surface area contributed by atoms with Gasteiger partial charge in [-0.25, -0.2) is 9.59 Å². The molecule has 0 spiro atoms. The number of aliphatic carboxylic acids is 1. The number of nitrogens with one attached hydrogen (secondary N) is 2. The largest absolute Gasteiger partial charge is 0.480 e. The van der Waals surface area contributed by atoms with Crippen molar-refractivity contribution < 1.29 is 19.4 Å². The Bertz CT molecular complexity index is 280. The maximum Gasteiger partial charge on any atom is 0.326 e. The molecule has 112 valence electrons. The highest BCUT2D eigenvalue weighted by Gasteiger charge is 2.20. The lowest BCUT2D eigenvalue weighted by atomic mass is 10.0. The molecule has 6 nitrogen and oxygen atoms in total. The van der Waals surface area contributed by atoms with Crippen LogP contribution < -0.4 is 10.6 Å². The number of carboxylic acids is 1. The summed E-state index contributed by atoms with van der Waals surface area (Å²) in [5.74, 6) is -0.798. The molecule has 0 heterocycles. The Morgan fingerprint density at radius 2 is 1.84 bits per heavy atom. The van der Waals surface area contributed by atoms with Gasteiger partial charge in [0.25, 0.3) is 0 Å². The summed E-state index contributed by atoms with van der Waals surface area (Å²) in [6.07, 6.45) is 1.29. The monoisotopic (exact) mass is 274 g/mol. The molecule has 0 fully saturated rings. The molecule has 0 aromatic heterocycles. The summed E-state index contributed by atoms with van der Waals surface area (Å²) in [5, 5.41) is 14.1. The van der Waals surface area contributed by atoms with Crippen molar-refractivity contribution in [3.63, 3.8) is 0 Å². The van der Waals surface area contributed by atoms with Crippen LogP contribution in [0, 0.1) is 5.92 Å². The van der Waals surface area contributed by atoms with Crippen LogP contribution in [0.25, 0.3) is 0 Å². The maximum atomic E-state index is 11.5.